The number of rotatable bonds is 8. The molecule has 1 aromatic heterocycles. The van der Waals surface area contributed by atoms with E-state index in [0.29, 0.717) is 57.8 Å². The van der Waals surface area contributed by atoms with Crippen molar-refractivity contribution in [3.8, 4) is 11.5 Å². The number of likely N-dealkylation sites (tertiary alicyclic amines) is 1. The SMILES string of the molecule is O=C(C1=Cc2cc(Cl)ccc2OC1Cc1ccccc1)C1Oc2ccc(Cl)cc2C=C1C(=O)N1CCC(c2cn(Cc3ccccc3)c3ccccc23)C1. The number of halogens is 2. The van der Waals surface area contributed by atoms with Crippen molar-refractivity contribution in [1.29, 1.82) is 0 Å². The van der Waals surface area contributed by atoms with Crippen molar-refractivity contribution in [2.45, 2.75) is 37.5 Å². The van der Waals surface area contributed by atoms with Gasteiger partial charge < -0.3 is 18.9 Å². The maximum atomic E-state index is 14.9. The van der Waals surface area contributed by atoms with E-state index in [1.165, 1.54) is 22.0 Å². The van der Waals surface area contributed by atoms with Gasteiger partial charge in [0.25, 0.3) is 5.91 Å². The number of nitrogens with zero attached hydrogens (tertiary/aromatic N) is 2. The molecule has 1 fully saturated rings. The fourth-order valence-corrected chi connectivity index (χ4v) is 8.37. The second-order valence-corrected chi connectivity index (χ2v) is 15.0. The Hall–Kier alpha value is -5.56. The van der Waals surface area contributed by atoms with Gasteiger partial charge in [0.1, 0.15) is 17.6 Å². The quantitative estimate of drug-likeness (QED) is 0.155. The summed E-state index contributed by atoms with van der Waals surface area (Å²) in [5.74, 6) is 0.695. The fourth-order valence-electron chi connectivity index (χ4n) is 8.01. The lowest BCUT2D eigenvalue weighted by Crippen LogP contribution is -2.43. The molecule has 5 aromatic carbocycles. The number of aromatic nitrogens is 1. The van der Waals surface area contributed by atoms with Crippen LogP contribution in [0.25, 0.3) is 23.1 Å². The van der Waals surface area contributed by atoms with Crippen LogP contribution < -0.4 is 9.47 Å². The van der Waals surface area contributed by atoms with Crippen molar-refractivity contribution >= 4 is 57.9 Å². The lowest BCUT2D eigenvalue weighted by Gasteiger charge is -2.32. The molecule has 9 rings (SSSR count). The highest BCUT2D eigenvalue weighted by molar-refractivity contribution is 6.31. The lowest BCUT2D eigenvalue weighted by molar-refractivity contribution is -0.130. The van der Waals surface area contributed by atoms with Gasteiger partial charge in [0.15, 0.2) is 6.10 Å². The van der Waals surface area contributed by atoms with Crippen LogP contribution in [0, 0.1) is 0 Å². The van der Waals surface area contributed by atoms with Crippen LogP contribution in [0.5, 0.6) is 11.5 Å². The first-order valence-electron chi connectivity index (χ1n) is 18.2. The Balaban J connectivity index is 1.04. The maximum Gasteiger partial charge on any atom is 0.254 e. The van der Waals surface area contributed by atoms with Gasteiger partial charge in [-0.15, -0.1) is 0 Å². The number of benzene rings is 5. The average molecular weight is 752 g/mol. The van der Waals surface area contributed by atoms with Crippen LogP contribution in [0.4, 0.5) is 0 Å². The minimum atomic E-state index is -1.19. The smallest absolute Gasteiger partial charge is 0.254 e. The van der Waals surface area contributed by atoms with E-state index in [1.807, 2.05) is 53.4 Å². The number of ketones is 1. The van der Waals surface area contributed by atoms with E-state index in [-0.39, 0.29) is 23.2 Å². The van der Waals surface area contributed by atoms with Gasteiger partial charge in [-0.2, -0.15) is 0 Å². The third kappa shape index (κ3) is 6.61. The predicted molar refractivity (Wildman–Crippen MR) is 214 cm³/mol. The van der Waals surface area contributed by atoms with E-state index in [2.05, 4.69) is 59.3 Å². The zero-order valence-electron chi connectivity index (χ0n) is 29.3. The molecule has 268 valence electrons. The van der Waals surface area contributed by atoms with Crippen molar-refractivity contribution in [3.63, 3.8) is 0 Å². The summed E-state index contributed by atoms with van der Waals surface area (Å²) < 4.78 is 15.3. The lowest BCUT2D eigenvalue weighted by atomic mass is 9.87. The van der Waals surface area contributed by atoms with Gasteiger partial charge in [0.2, 0.25) is 5.78 Å². The third-order valence-electron chi connectivity index (χ3n) is 10.7. The van der Waals surface area contributed by atoms with Gasteiger partial charge >= 0.3 is 0 Å². The van der Waals surface area contributed by atoms with Crippen LogP contribution in [-0.2, 0) is 22.6 Å². The molecule has 3 atom stereocenters. The minimum Gasteiger partial charge on any atom is -0.485 e. The molecule has 4 heterocycles. The summed E-state index contributed by atoms with van der Waals surface area (Å²) in [5, 5.41) is 2.24. The predicted octanol–water partition coefficient (Wildman–Crippen LogP) is 9.81. The van der Waals surface area contributed by atoms with E-state index in [1.54, 1.807) is 36.4 Å². The van der Waals surface area contributed by atoms with Crippen molar-refractivity contribution in [1.82, 2.24) is 9.47 Å². The van der Waals surface area contributed by atoms with Gasteiger partial charge in [0, 0.05) is 75.8 Å². The first-order chi connectivity index (χ1) is 26.4. The highest BCUT2D eigenvalue weighted by atomic mass is 35.5. The summed E-state index contributed by atoms with van der Waals surface area (Å²) in [4.78, 5) is 31.5. The highest BCUT2D eigenvalue weighted by Crippen LogP contribution is 2.40. The van der Waals surface area contributed by atoms with Crippen LogP contribution in [0.2, 0.25) is 10.0 Å². The van der Waals surface area contributed by atoms with Gasteiger partial charge in [-0.3, -0.25) is 9.59 Å². The van der Waals surface area contributed by atoms with E-state index in [0.717, 1.165) is 18.5 Å². The molecule has 0 spiro atoms. The molecule has 0 aliphatic carbocycles. The number of carbonyl (C=O) groups is 2. The average Bonchev–Trinajstić information content (AvgIpc) is 3.83. The minimum absolute atomic E-state index is 0.128. The standard InChI is InChI=1S/C46H36Cl2N2O4/c47-34-15-17-41-32(22-34)24-37(43(53-41)21-29-9-3-1-4-10-29)44(51)45-38(25-33-23-35(48)16-18-42(33)54-45)46(52)49-20-19-31(27-49)39-28-50(26-30-11-5-2-6-12-30)40-14-8-7-13-36(39)40/h1-18,22-25,28,31,43,45H,19-21,26-27H2. The Kier molecular flexibility index (Phi) is 9.09. The molecule has 3 aliphatic heterocycles. The van der Waals surface area contributed by atoms with Gasteiger partial charge in [0.05, 0.1) is 5.57 Å². The molecule has 3 unspecified atom stereocenters. The number of hydrogen-bond acceptors (Lipinski definition) is 4. The normalized spacial score (nSPS) is 18.9. The number of carbonyl (C=O) groups excluding carboxylic acids is 2. The number of Topliss-reactive ketones (excluding diaryl/α,β-unsaturated/α-hetero) is 1. The zero-order valence-corrected chi connectivity index (χ0v) is 30.8. The first-order valence-corrected chi connectivity index (χ1v) is 19.0. The summed E-state index contributed by atoms with van der Waals surface area (Å²) in [6.45, 7) is 1.83. The Morgan fingerprint density at radius 1 is 0.704 bits per heavy atom. The van der Waals surface area contributed by atoms with Crippen molar-refractivity contribution in [2.24, 2.45) is 0 Å². The summed E-state index contributed by atoms with van der Waals surface area (Å²) in [6, 6.07) is 39.4. The summed E-state index contributed by atoms with van der Waals surface area (Å²) in [6.07, 6.45) is 5.32. The van der Waals surface area contributed by atoms with Gasteiger partial charge in [-0.05, 0) is 77.7 Å². The van der Waals surface area contributed by atoms with E-state index in [9.17, 15) is 9.59 Å². The molecule has 3 aliphatic rings. The molecule has 6 aromatic rings. The molecule has 1 saturated heterocycles. The topological polar surface area (TPSA) is 60.8 Å². The van der Waals surface area contributed by atoms with E-state index < -0.39 is 12.2 Å². The Morgan fingerprint density at radius 3 is 2.06 bits per heavy atom. The Morgan fingerprint density at radius 2 is 1.33 bits per heavy atom. The van der Waals surface area contributed by atoms with Crippen molar-refractivity contribution in [2.75, 3.05) is 13.1 Å². The number of fused-ring (bicyclic) bond motifs is 3. The zero-order chi connectivity index (χ0) is 36.8. The van der Waals surface area contributed by atoms with Crippen molar-refractivity contribution in [3.05, 3.63) is 177 Å². The number of ether oxygens (including phenoxy) is 2. The molecular formula is C46H36Cl2N2O4. The van der Waals surface area contributed by atoms with Crippen LogP contribution in [0.15, 0.2) is 139 Å². The molecule has 6 nitrogen and oxygen atoms in total. The maximum absolute atomic E-state index is 14.9. The Bertz CT molecular complexity index is 2470. The molecule has 54 heavy (non-hydrogen) atoms. The van der Waals surface area contributed by atoms with Crippen LogP contribution >= 0.6 is 23.2 Å². The van der Waals surface area contributed by atoms with E-state index >= 15 is 0 Å². The molecule has 1 amide bonds. The molecular weight excluding hydrogens is 715 g/mol. The van der Waals surface area contributed by atoms with Crippen LogP contribution in [0.3, 0.4) is 0 Å². The van der Waals surface area contributed by atoms with Gasteiger partial charge in [-0.25, -0.2) is 0 Å². The number of para-hydroxylation sites is 1. The molecule has 0 bridgehead atoms. The Labute approximate surface area is 323 Å². The second kappa shape index (κ2) is 14.3. The molecule has 0 radical (unpaired) electrons. The van der Waals surface area contributed by atoms with Gasteiger partial charge in [-0.1, -0.05) is 102 Å². The van der Waals surface area contributed by atoms with Crippen molar-refractivity contribution < 1.29 is 19.1 Å². The number of hydrogen-bond donors (Lipinski definition) is 0. The van der Waals surface area contributed by atoms with Crippen LogP contribution in [-0.4, -0.2) is 46.5 Å². The van der Waals surface area contributed by atoms with E-state index in [4.69, 9.17) is 32.7 Å². The monoisotopic (exact) mass is 750 g/mol. The largest absolute Gasteiger partial charge is 0.485 e. The first kappa shape index (κ1) is 34.2. The molecule has 0 saturated carbocycles. The summed E-state index contributed by atoms with van der Waals surface area (Å²) in [7, 11) is 0. The summed E-state index contributed by atoms with van der Waals surface area (Å²) in [5.41, 5.74) is 6.68. The van der Waals surface area contributed by atoms with Crippen LogP contribution in [0.1, 0.15) is 40.2 Å². The fraction of sp³-hybridized carbons (Fsp3) is 0.174. The molecule has 8 heteroatoms. The summed E-state index contributed by atoms with van der Waals surface area (Å²) >= 11 is 12.8. The molecule has 0 N–H and O–H groups in total. The third-order valence-corrected chi connectivity index (χ3v) is 11.1. The number of amides is 1. The highest BCUT2D eigenvalue weighted by Gasteiger charge is 2.42. The second-order valence-electron chi connectivity index (χ2n) is 14.2.